The smallest absolute Gasteiger partial charge is 0.315 e. The average molecular weight is 243 g/mol. The van der Waals surface area contributed by atoms with E-state index in [0.29, 0.717) is 11.4 Å². The Bertz CT molecular complexity index is 203. The molecule has 3 N–H and O–H groups in total. The van der Waals surface area contributed by atoms with Crippen LogP contribution in [0.3, 0.4) is 0 Å². The number of amides is 2. The maximum atomic E-state index is 11.7. The second kappa shape index (κ2) is 6.35. The fourth-order valence-electron chi connectivity index (χ4n) is 2.20. The van der Waals surface area contributed by atoms with Crippen molar-refractivity contribution in [2.24, 2.45) is 0 Å². The fourth-order valence-corrected chi connectivity index (χ4v) is 3.38. The van der Waals surface area contributed by atoms with Gasteiger partial charge < -0.3 is 16.0 Å². The predicted octanol–water partition coefficient (Wildman–Crippen LogP) is 1.28. The zero-order chi connectivity index (χ0) is 11.2. The van der Waals surface area contributed by atoms with Crippen LogP contribution in [0.25, 0.3) is 0 Å². The Kier molecular flexibility index (Phi) is 4.78. The number of piperidine rings is 1. The molecule has 5 heteroatoms. The van der Waals surface area contributed by atoms with E-state index in [2.05, 4.69) is 16.0 Å². The molecule has 2 amide bonds. The summed E-state index contributed by atoms with van der Waals surface area (Å²) in [5.74, 6) is 1.18. The van der Waals surface area contributed by atoms with Crippen LogP contribution in [0.15, 0.2) is 0 Å². The molecule has 92 valence electrons. The first kappa shape index (κ1) is 12.0. The molecule has 0 saturated carbocycles. The lowest BCUT2D eigenvalue weighted by Crippen LogP contribution is -2.50. The van der Waals surface area contributed by atoms with Crippen LogP contribution in [0.2, 0.25) is 0 Å². The van der Waals surface area contributed by atoms with E-state index in [9.17, 15) is 4.79 Å². The molecule has 2 saturated heterocycles. The van der Waals surface area contributed by atoms with Crippen molar-refractivity contribution < 1.29 is 4.79 Å². The molecule has 16 heavy (non-hydrogen) atoms. The lowest BCUT2D eigenvalue weighted by atomic mass is 10.1. The second-order valence-corrected chi connectivity index (χ2v) is 5.83. The van der Waals surface area contributed by atoms with Crippen molar-refractivity contribution in [2.75, 3.05) is 18.8 Å². The number of carbonyl (C=O) groups excluding carboxylic acids is 1. The zero-order valence-corrected chi connectivity index (χ0v) is 10.4. The minimum atomic E-state index is 0.00750. The SMILES string of the molecule is O=C(NC1CCCNC1)NC1CCCCS1. The van der Waals surface area contributed by atoms with Crippen LogP contribution in [0.5, 0.6) is 0 Å². The Labute approximate surface area is 101 Å². The molecule has 2 aliphatic heterocycles. The molecule has 2 aliphatic rings. The largest absolute Gasteiger partial charge is 0.334 e. The van der Waals surface area contributed by atoms with Gasteiger partial charge in [0.15, 0.2) is 0 Å². The van der Waals surface area contributed by atoms with E-state index in [1.165, 1.54) is 18.6 Å². The summed E-state index contributed by atoms with van der Waals surface area (Å²) in [6, 6.07) is 0.315. The molecule has 2 rings (SSSR count). The molecule has 4 nitrogen and oxygen atoms in total. The third-order valence-electron chi connectivity index (χ3n) is 3.10. The van der Waals surface area contributed by atoms with Crippen molar-refractivity contribution in [3.05, 3.63) is 0 Å². The topological polar surface area (TPSA) is 53.2 Å². The van der Waals surface area contributed by atoms with E-state index in [4.69, 9.17) is 0 Å². The van der Waals surface area contributed by atoms with Crippen LogP contribution >= 0.6 is 11.8 Å². The lowest BCUT2D eigenvalue weighted by Gasteiger charge is -2.27. The monoisotopic (exact) mass is 243 g/mol. The zero-order valence-electron chi connectivity index (χ0n) is 9.63. The van der Waals surface area contributed by atoms with Gasteiger partial charge in [0.2, 0.25) is 0 Å². The van der Waals surface area contributed by atoms with E-state index >= 15 is 0 Å². The van der Waals surface area contributed by atoms with Gasteiger partial charge >= 0.3 is 6.03 Å². The summed E-state index contributed by atoms with van der Waals surface area (Å²) < 4.78 is 0. The highest BCUT2D eigenvalue weighted by Crippen LogP contribution is 2.22. The predicted molar refractivity (Wildman–Crippen MR) is 67.7 cm³/mol. The third kappa shape index (κ3) is 3.87. The summed E-state index contributed by atoms with van der Waals surface area (Å²) in [7, 11) is 0. The van der Waals surface area contributed by atoms with Crippen molar-refractivity contribution in [3.8, 4) is 0 Å². The van der Waals surface area contributed by atoms with Gasteiger partial charge in [-0.3, -0.25) is 0 Å². The van der Waals surface area contributed by atoms with Gasteiger partial charge in [0.25, 0.3) is 0 Å². The first-order chi connectivity index (χ1) is 7.84. The van der Waals surface area contributed by atoms with Crippen LogP contribution < -0.4 is 16.0 Å². The summed E-state index contributed by atoms with van der Waals surface area (Å²) in [5, 5.41) is 9.71. The standard InChI is InChI=1S/C11H21N3OS/c15-11(13-9-4-3-6-12-8-9)14-10-5-1-2-7-16-10/h9-10,12H,1-8H2,(H2,13,14,15). The van der Waals surface area contributed by atoms with Gasteiger partial charge in [0, 0.05) is 12.6 Å². The quantitative estimate of drug-likeness (QED) is 0.685. The van der Waals surface area contributed by atoms with E-state index in [1.807, 2.05) is 11.8 Å². The van der Waals surface area contributed by atoms with Crippen molar-refractivity contribution in [2.45, 2.75) is 43.5 Å². The van der Waals surface area contributed by atoms with Crippen molar-refractivity contribution >= 4 is 17.8 Å². The summed E-state index contributed by atoms with van der Waals surface area (Å²) in [6.07, 6.45) is 5.89. The van der Waals surface area contributed by atoms with Crippen molar-refractivity contribution in [1.29, 1.82) is 0 Å². The van der Waals surface area contributed by atoms with Gasteiger partial charge in [-0.1, -0.05) is 0 Å². The molecule has 0 bridgehead atoms. The number of nitrogens with one attached hydrogen (secondary N) is 3. The first-order valence-corrected chi connectivity index (χ1v) is 7.29. The third-order valence-corrected chi connectivity index (χ3v) is 4.38. The Morgan fingerprint density at radius 1 is 1.19 bits per heavy atom. The van der Waals surface area contributed by atoms with Gasteiger partial charge in [-0.25, -0.2) is 4.79 Å². The normalized spacial score (nSPS) is 30.8. The fraction of sp³-hybridized carbons (Fsp3) is 0.909. The molecule has 0 spiro atoms. The number of rotatable bonds is 2. The van der Waals surface area contributed by atoms with Gasteiger partial charge in [-0.15, -0.1) is 11.8 Å². The summed E-state index contributed by atoms with van der Waals surface area (Å²) in [5.41, 5.74) is 0. The highest BCUT2D eigenvalue weighted by molar-refractivity contribution is 7.99. The van der Waals surface area contributed by atoms with Crippen molar-refractivity contribution in [3.63, 3.8) is 0 Å². The molecular weight excluding hydrogens is 222 g/mol. The number of carbonyl (C=O) groups is 1. The van der Waals surface area contributed by atoms with E-state index in [0.717, 1.165) is 32.4 Å². The lowest BCUT2D eigenvalue weighted by molar-refractivity contribution is 0.232. The molecule has 2 heterocycles. The van der Waals surface area contributed by atoms with Crippen LogP contribution in [0.4, 0.5) is 4.79 Å². The molecule has 0 aromatic heterocycles. The number of thioether (sulfide) groups is 1. The second-order valence-electron chi connectivity index (χ2n) is 4.52. The van der Waals surface area contributed by atoms with E-state index in [-0.39, 0.29) is 6.03 Å². The molecule has 0 aromatic rings. The van der Waals surface area contributed by atoms with Crippen LogP contribution in [0, 0.1) is 0 Å². The number of hydrogen-bond acceptors (Lipinski definition) is 3. The maximum Gasteiger partial charge on any atom is 0.315 e. The Balaban J connectivity index is 1.66. The maximum absolute atomic E-state index is 11.7. The van der Waals surface area contributed by atoms with E-state index < -0.39 is 0 Å². The highest BCUT2D eigenvalue weighted by Gasteiger charge is 2.19. The van der Waals surface area contributed by atoms with Gasteiger partial charge in [0.05, 0.1) is 5.37 Å². The minimum Gasteiger partial charge on any atom is -0.334 e. The number of hydrogen-bond donors (Lipinski definition) is 3. The Morgan fingerprint density at radius 2 is 2.12 bits per heavy atom. The number of urea groups is 1. The Hall–Kier alpha value is -0.420. The molecule has 2 fully saturated rings. The first-order valence-electron chi connectivity index (χ1n) is 6.24. The molecule has 0 aromatic carbocycles. The molecule has 2 atom stereocenters. The van der Waals surface area contributed by atoms with Gasteiger partial charge in [-0.2, -0.15) is 0 Å². The van der Waals surface area contributed by atoms with Crippen molar-refractivity contribution in [1.82, 2.24) is 16.0 Å². The van der Waals surface area contributed by atoms with Gasteiger partial charge in [-0.05, 0) is 44.4 Å². The summed E-state index contributed by atoms with van der Waals surface area (Å²) in [6.45, 7) is 1.99. The van der Waals surface area contributed by atoms with Crippen LogP contribution in [0.1, 0.15) is 32.1 Å². The molecule has 2 unspecified atom stereocenters. The summed E-state index contributed by atoms with van der Waals surface area (Å²) >= 11 is 1.87. The Morgan fingerprint density at radius 3 is 2.81 bits per heavy atom. The molecular formula is C11H21N3OS. The molecule has 0 radical (unpaired) electrons. The molecule has 0 aliphatic carbocycles. The van der Waals surface area contributed by atoms with Crippen LogP contribution in [-0.2, 0) is 0 Å². The highest BCUT2D eigenvalue weighted by atomic mass is 32.2. The van der Waals surface area contributed by atoms with Gasteiger partial charge in [0.1, 0.15) is 0 Å². The van der Waals surface area contributed by atoms with Crippen LogP contribution in [-0.4, -0.2) is 36.3 Å². The minimum absolute atomic E-state index is 0.00750. The van der Waals surface area contributed by atoms with E-state index in [1.54, 1.807) is 0 Å². The average Bonchev–Trinajstić information content (AvgIpc) is 2.31. The summed E-state index contributed by atoms with van der Waals surface area (Å²) in [4.78, 5) is 11.7.